The smallest absolute Gasteiger partial charge is 0.0807 e. The first-order chi connectivity index (χ1) is 8.65. The normalized spacial score (nSPS) is 21.6. The molecule has 2 heteroatoms. The van der Waals surface area contributed by atoms with E-state index in [4.69, 9.17) is 0 Å². The molecular weight excluding hydrogens is 222 g/mol. The molecule has 1 aromatic rings. The van der Waals surface area contributed by atoms with Gasteiger partial charge in [-0.3, -0.25) is 0 Å². The first kappa shape index (κ1) is 13.4. The first-order valence-corrected chi connectivity index (χ1v) is 7.18. The Balaban J connectivity index is 2.32. The van der Waals surface area contributed by atoms with Gasteiger partial charge in [0, 0.05) is 23.8 Å². The zero-order valence-corrected chi connectivity index (χ0v) is 11.8. The average Bonchev–Trinajstić information content (AvgIpc) is 2.87. The minimum absolute atomic E-state index is 0.338. The maximum atomic E-state index is 10.2. The maximum Gasteiger partial charge on any atom is 0.0807 e. The van der Waals surface area contributed by atoms with Crippen LogP contribution in [0.25, 0.3) is 0 Å². The third kappa shape index (κ3) is 2.54. The molecule has 0 amide bonds. The highest BCUT2D eigenvalue weighted by Gasteiger charge is 2.29. The zero-order chi connectivity index (χ0) is 13.1. The number of benzene rings is 1. The molecule has 2 rings (SSSR count). The molecule has 0 aliphatic carbocycles. The predicted molar refractivity (Wildman–Crippen MR) is 76.9 cm³/mol. The molecule has 1 unspecified atom stereocenters. The summed E-state index contributed by atoms with van der Waals surface area (Å²) in [5.41, 5.74) is 2.33. The van der Waals surface area contributed by atoms with E-state index < -0.39 is 0 Å². The van der Waals surface area contributed by atoms with Crippen molar-refractivity contribution in [3.63, 3.8) is 0 Å². The van der Waals surface area contributed by atoms with Gasteiger partial charge in [0.15, 0.2) is 0 Å². The van der Waals surface area contributed by atoms with Crippen molar-refractivity contribution in [2.24, 2.45) is 5.92 Å². The molecule has 1 N–H and O–H groups in total. The predicted octanol–water partition coefficient (Wildman–Crippen LogP) is 3.75. The van der Waals surface area contributed by atoms with E-state index in [1.165, 1.54) is 18.5 Å². The van der Waals surface area contributed by atoms with Crippen LogP contribution in [0.3, 0.4) is 0 Å². The Bertz CT molecular complexity index is 388. The Labute approximate surface area is 111 Å². The molecule has 0 aromatic heterocycles. The third-order valence-corrected chi connectivity index (χ3v) is 4.06. The van der Waals surface area contributed by atoms with Crippen LogP contribution in [0.1, 0.15) is 51.7 Å². The summed E-state index contributed by atoms with van der Waals surface area (Å²) in [5, 5.41) is 10.2. The van der Waals surface area contributed by atoms with Gasteiger partial charge in [0.1, 0.15) is 0 Å². The Hall–Kier alpha value is -1.02. The summed E-state index contributed by atoms with van der Waals surface area (Å²) < 4.78 is 0. The monoisotopic (exact) mass is 247 g/mol. The molecule has 18 heavy (non-hydrogen) atoms. The van der Waals surface area contributed by atoms with E-state index in [1.807, 2.05) is 13.0 Å². The molecule has 1 heterocycles. The summed E-state index contributed by atoms with van der Waals surface area (Å²) >= 11 is 0. The molecule has 0 radical (unpaired) electrons. The van der Waals surface area contributed by atoms with E-state index in [-0.39, 0.29) is 6.10 Å². The molecule has 2 nitrogen and oxygen atoms in total. The van der Waals surface area contributed by atoms with Gasteiger partial charge in [-0.25, -0.2) is 0 Å². The molecule has 0 saturated carbocycles. The summed E-state index contributed by atoms with van der Waals surface area (Å²) in [6, 6.07) is 8.96. The van der Waals surface area contributed by atoms with Crippen molar-refractivity contribution in [1.82, 2.24) is 0 Å². The highest BCUT2D eigenvalue weighted by molar-refractivity contribution is 5.56. The largest absolute Gasteiger partial charge is 0.388 e. The van der Waals surface area contributed by atoms with Crippen LogP contribution >= 0.6 is 0 Å². The average molecular weight is 247 g/mol. The minimum Gasteiger partial charge on any atom is -0.388 e. The van der Waals surface area contributed by atoms with Crippen molar-refractivity contribution in [2.75, 3.05) is 11.4 Å². The summed E-state index contributed by atoms with van der Waals surface area (Å²) in [4.78, 5) is 2.50. The van der Waals surface area contributed by atoms with Gasteiger partial charge in [0.2, 0.25) is 0 Å². The van der Waals surface area contributed by atoms with Crippen molar-refractivity contribution < 1.29 is 5.11 Å². The van der Waals surface area contributed by atoms with Crippen LogP contribution in [0.15, 0.2) is 24.3 Å². The second kappa shape index (κ2) is 5.75. The van der Waals surface area contributed by atoms with Gasteiger partial charge in [0.05, 0.1) is 6.10 Å². The lowest BCUT2D eigenvalue weighted by Crippen LogP contribution is -2.34. The molecule has 2 atom stereocenters. The van der Waals surface area contributed by atoms with Crippen molar-refractivity contribution in [3.05, 3.63) is 29.8 Å². The van der Waals surface area contributed by atoms with Crippen LogP contribution < -0.4 is 4.90 Å². The first-order valence-electron chi connectivity index (χ1n) is 7.18. The van der Waals surface area contributed by atoms with E-state index >= 15 is 0 Å². The van der Waals surface area contributed by atoms with Crippen LogP contribution in [0.4, 0.5) is 5.69 Å². The molecule has 0 bridgehead atoms. The summed E-state index contributed by atoms with van der Waals surface area (Å²) in [5.74, 6) is 0.666. The maximum absolute atomic E-state index is 10.2. The number of nitrogens with zero attached hydrogens (tertiary/aromatic N) is 1. The zero-order valence-electron chi connectivity index (χ0n) is 11.8. The Morgan fingerprint density at radius 3 is 2.72 bits per heavy atom. The number of rotatable bonds is 4. The fourth-order valence-corrected chi connectivity index (χ4v) is 3.04. The summed E-state index contributed by atoms with van der Waals surface area (Å²) in [7, 11) is 0. The van der Waals surface area contributed by atoms with Gasteiger partial charge < -0.3 is 10.0 Å². The highest BCUT2D eigenvalue weighted by atomic mass is 16.3. The topological polar surface area (TPSA) is 23.5 Å². The Morgan fingerprint density at radius 2 is 2.06 bits per heavy atom. The van der Waals surface area contributed by atoms with Crippen LogP contribution in [0.2, 0.25) is 0 Å². The number of aliphatic hydroxyl groups excluding tert-OH is 1. The lowest BCUT2D eigenvalue weighted by atomic mass is 9.99. The molecule has 1 aliphatic rings. The fourth-order valence-electron chi connectivity index (χ4n) is 3.04. The number of para-hydroxylation sites is 1. The van der Waals surface area contributed by atoms with E-state index in [0.29, 0.717) is 12.0 Å². The highest BCUT2D eigenvalue weighted by Crippen LogP contribution is 2.35. The third-order valence-electron chi connectivity index (χ3n) is 4.06. The van der Waals surface area contributed by atoms with Gasteiger partial charge in [-0.05, 0) is 31.2 Å². The fraction of sp³-hybridized carbons (Fsp3) is 0.625. The van der Waals surface area contributed by atoms with Crippen LogP contribution in [0, 0.1) is 5.92 Å². The van der Waals surface area contributed by atoms with Gasteiger partial charge in [-0.15, -0.1) is 0 Å². The van der Waals surface area contributed by atoms with E-state index in [9.17, 15) is 5.11 Å². The standard InChI is InChI=1S/C16H25NO/c1-4-16(18)13-8-5-6-9-15(13)17-11-7-10-14(17)12(2)3/h5-6,8-9,12,14,16,18H,4,7,10-11H2,1-3H3/t14?,16-/m0/s1. The summed E-state index contributed by atoms with van der Waals surface area (Å²) in [6.07, 6.45) is 2.97. The van der Waals surface area contributed by atoms with Gasteiger partial charge in [-0.1, -0.05) is 39.0 Å². The molecular formula is C16H25NO. The van der Waals surface area contributed by atoms with Gasteiger partial charge in [-0.2, -0.15) is 0 Å². The van der Waals surface area contributed by atoms with Crippen molar-refractivity contribution >= 4 is 5.69 Å². The molecule has 1 saturated heterocycles. The number of anilines is 1. The summed E-state index contributed by atoms with van der Waals surface area (Å²) in [6.45, 7) is 7.74. The number of aliphatic hydroxyl groups is 1. The minimum atomic E-state index is -0.338. The molecule has 1 aliphatic heterocycles. The van der Waals surface area contributed by atoms with Gasteiger partial charge >= 0.3 is 0 Å². The van der Waals surface area contributed by atoms with Crippen molar-refractivity contribution in [2.45, 2.75) is 52.2 Å². The van der Waals surface area contributed by atoms with E-state index in [0.717, 1.165) is 18.5 Å². The van der Waals surface area contributed by atoms with Crippen LogP contribution in [0.5, 0.6) is 0 Å². The second-order valence-corrected chi connectivity index (χ2v) is 5.63. The van der Waals surface area contributed by atoms with Gasteiger partial charge in [0.25, 0.3) is 0 Å². The lowest BCUT2D eigenvalue weighted by Gasteiger charge is -2.32. The van der Waals surface area contributed by atoms with E-state index in [1.54, 1.807) is 0 Å². The quantitative estimate of drug-likeness (QED) is 0.875. The van der Waals surface area contributed by atoms with Crippen LogP contribution in [-0.2, 0) is 0 Å². The SMILES string of the molecule is CC[C@H](O)c1ccccc1N1CCCC1C(C)C. The van der Waals surface area contributed by atoms with Crippen LogP contribution in [-0.4, -0.2) is 17.7 Å². The molecule has 1 fully saturated rings. The van der Waals surface area contributed by atoms with Crippen molar-refractivity contribution in [1.29, 1.82) is 0 Å². The molecule has 100 valence electrons. The lowest BCUT2D eigenvalue weighted by molar-refractivity contribution is 0.174. The number of hydrogen-bond acceptors (Lipinski definition) is 2. The second-order valence-electron chi connectivity index (χ2n) is 5.63. The Kier molecular flexibility index (Phi) is 4.28. The Morgan fingerprint density at radius 1 is 1.33 bits per heavy atom. The molecule has 0 spiro atoms. The van der Waals surface area contributed by atoms with Crippen molar-refractivity contribution in [3.8, 4) is 0 Å². The molecule has 1 aromatic carbocycles. The number of hydrogen-bond donors (Lipinski definition) is 1. The van der Waals surface area contributed by atoms with E-state index in [2.05, 4.69) is 36.9 Å².